The molecule has 3 aliphatic rings. The molecule has 3 aliphatic heterocycles. The lowest BCUT2D eigenvalue weighted by molar-refractivity contribution is -0.132. The standard InChI is InChI=1S/C14H21N5O6/c1-5(2)10(23)14(15)17-11-7(12(24)18-14)16-4-19(11)13-9(22)8(21)6(3-20)25-13/h5-6,8-9,13,20-22H,3-4,15H2,1-2H3,(H,18,24)/t6-,8-,9-,13-,14?/m1/s1. The quantitative estimate of drug-likeness (QED) is 0.346. The van der Waals surface area contributed by atoms with Crippen molar-refractivity contribution in [2.24, 2.45) is 21.6 Å². The lowest BCUT2D eigenvalue weighted by atomic mass is 10.0. The largest absolute Gasteiger partial charge is 0.394 e. The summed E-state index contributed by atoms with van der Waals surface area (Å²) in [4.78, 5) is 34.1. The van der Waals surface area contributed by atoms with E-state index >= 15 is 0 Å². The number of ketones is 1. The van der Waals surface area contributed by atoms with Crippen molar-refractivity contribution < 1.29 is 29.6 Å². The molecular formula is C14H21N5O6. The molecule has 1 amide bonds. The molecule has 1 unspecified atom stereocenters. The van der Waals surface area contributed by atoms with Crippen LogP contribution in [0, 0.1) is 5.92 Å². The van der Waals surface area contributed by atoms with Crippen molar-refractivity contribution >= 4 is 23.2 Å². The Balaban J connectivity index is 1.94. The zero-order valence-corrected chi connectivity index (χ0v) is 13.8. The SMILES string of the molecule is CC(C)C(=O)C1(N)N=C2C(=NCN2[C@@H]2O[C@H](CO)[C@@H](O)[C@H]2O)C(=O)N1. The van der Waals surface area contributed by atoms with E-state index in [1.165, 1.54) is 4.90 Å². The van der Waals surface area contributed by atoms with Crippen LogP contribution in [-0.2, 0) is 14.3 Å². The van der Waals surface area contributed by atoms with Crippen molar-refractivity contribution in [3.8, 4) is 0 Å². The van der Waals surface area contributed by atoms with Gasteiger partial charge in [-0.05, 0) is 0 Å². The molecule has 1 saturated heterocycles. The first-order valence-electron chi connectivity index (χ1n) is 7.89. The summed E-state index contributed by atoms with van der Waals surface area (Å²) in [7, 11) is 0. The summed E-state index contributed by atoms with van der Waals surface area (Å²) < 4.78 is 5.44. The van der Waals surface area contributed by atoms with Crippen LogP contribution in [0.15, 0.2) is 9.98 Å². The van der Waals surface area contributed by atoms with Gasteiger partial charge in [0.1, 0.15) is 25.0 Å². The Morgan fingerprint density at radius 3 is 2.72 bits per heavy atom. The average molecular weight is 355 g/mol. The van der Waals surface area contributed by atoms with Gasteiger partial charge in [0.25, 0.3) is 5.91 Å². The van der Waals surface area contributed by atoms with E-state index in [1.807, 2.05) is 0 Å². The van der Waals surface area contributed by atoms with Gasteiger partial charge in [-0.3, -0.25) is 20.3 Å². The number of nitrogens with zero attached hydrogens (tertiary/aromatic N) is 3. The van der Waals surface area contributed by atoms with E-state index < -0.39 is 54.5 Å². The fourth-order valence-corrected chi connectivity index (χ4v) is 3.03. The number of aliphatic imine (C=N–C) groups is 2. The number of hydrogen-bond donors (Lipinski definition) is 5. The number of rotatable bonds is 4. The highest BCUT2D eigenvalue weighted by atomic mass is 16.6. The minimum atomic E-state index is -1.94. The number of aliphatic hydroxyl groups excluding tert-OH is 3. The highest BCUT2D eigenvalue weighted by molar-refractivity contribution is 6.68. The summed E-state index contributed by atoms with van der Waals surface area (Å²) in [5, 5.41) is 31.6. The third-order valence-electron chi connectivity index (χ3n) is 4.39. The van der Waals surface area contributed by atoms with Crippen LogP contribution in [-0.4, -0.2) is 87.1 Å². The molecule has 138 valence electrons. The van der Waals surface area contributed by atoms with Crippen molar-refractivity contribution in [1.29, 1.82) is 0 Å². The third kappa shape index (κ3) is 2.73. The Kier molecular flexibility index (Phi) is 4.37. The number of carbonyl (C=O) groups excluding carboxylic acids is 2. The smallest absolute Gasteiger partial charge is 0.276 e. The second-order valence-electron chi connectivity index (χ2n) is 6.52. The van der Waals surface area contributed by atoms with Crippen LogP contribution in [0.2, 0.25) is 0 Å². The second-order valence-corrected chi connectivity index (χ2v) is 6.52. The molecule has 0 saturated carbocycles. The van der Waals surface area contributed by atoms with Crippen molar-refractivity contribution in [2.75, 3.05) is 13.3 Å². The van der Waals surface area contributed by atoms with E-state index in [9.17, 15) is 24.9 Å². The summed E-state index contributed by atoms with van der Waals surface area (Å²) in [6.07, 6.45) is -4.73. The predicted octanol–water partition coefficient (Wildman–Crippen LogP) is -3.49. The predicted molar refractivity (Wildman–Crippen MR) is 84.2 cm³/mol. The van der Waals surface area contributed by atoms with Crippen molar-refractivity contribution in [2.45, 2.75) is 44.2 Å². The van der Waals surface area contributed by atoms with Crippen molar-refractivity contribution in [3.05, 3.63) is 0 Å². The monoisotopic (exact) mass is 355 g/mol. The zero-order chi connectivity index (χ0) is 18.5. The highest BCUT2D eigenvalue weighted by Crippen LogP contribution is 2.28. The second kappa shape index (κ2) is 6.11. The van der Waals surface area contributed by atoms with E-state index in [2.05, 4.69) is 15.3 Å². The zero-order valence-electron chi connectivity index (χ0n) is 13.8. The van der Waals surface area contributed by atoms with E-state index in [0.717, 1.165) is 0 Å². The first kappa shape index (κ1) is 17.9. The molecule has 6 N–H and O–H groups in total. The van der Waals surface area contributed by atoms with Gasteiger partial charge in [-0.1, -0.05) is 13.8 Å². The maximum atomic E-state index is 12.3. The summed E-state index contributed by atoms with van der Waals surface area (Å²) in [5.41, 5.74) is 5.95. The van der Waals surface area contributed by atoms with Gasteiger partial charge in [0.15, 0.2) is 23.6 Å². The lowest BCUT2D eigenvalue weighted by Gasteiger charge is -2.34. The van der Waals surface area contributed by atoms with Crippen LogP contribution in [0.5, 0.6) is 0 Å². The summed E-state index contributed by atoms with van der Waals surface area (Å²) in [5.74, 6) is -3.55. The fourth-order valence-electron chi connectivity index (χ4n) is 3.03. The van der Waals surface area contributed by atoms with Gasteiger partial charge in [-0.15, -0.1) is 0 Å². The van der Waals surface area contributed by atoms with Gasteiger partial charge >= 0.3 is 0 Å². The van der Waals surface area contributed by atoms with Gasteiger partial charge in [0.05, 0.1) is 6.61 Å². The minimum Gasteiger partial charge on any atom is -0.394 e. The van der Waals surface area contributed by atoms with Crippen molar-refractivity contribution in [3.63, 3.8) is 0 Å². The van der Waals surface area contributed by atoms with Gasteiger partial charge in [0, 0.05) is 5.92 Å². The molecule has 3 heterocycles. The number of aliphatic hydroxyl groups is 3. The fraction of sp³-hybridized carbons (Fsp3) is 0.714. The van der Waals surface area contributed by atoms with Gasteiger partial charge < -0.3 is 30.3 Å². The van der Waals surface area contributed by atoms with Gasteiger partial charge in [-0.25, -0.2) is 4.99 Å². The molecule has 25 heavy (non-hydrogen) atoms. The van der Waals surface area contributed by atoms with Crippen LogP contribution in [0.3, 0.4) is 0 Å². The maximum absolute atomic E-state index is 12.3. The molecule has 3 rings (SSSR count). The molecule has 0 bridgehead atoms. The van der Waals surface area contributed by atoms with E-state index in [-0.39, 0.29) is 18.2 Å². The maximum Gasteiger partial charge on any atom is 0.276 e. The van der Waals surface area contributed by atoms with Crippen LogP contribution in [0.25, 0.3) is 0 Å². The van der Waals surface area contributed by atoms with Crippen LogP contribution in [0.4, 0.5) is 0 Å². The molecule has 0 aromatic heterocycles. The Labute approximate surface area is 143 Å². The Hall–Kier alpha value is -1.92. The third-order valence-corrected chi connectivity index (χ3v) is 4.39. The summed E-state index contributed by atoms with van der Waals surface area (Å²) in [6, 6.07) is 0. The molecule has 1 fully saturated rings. The number of amidine groups is 1. The Morgan fingerprint density at radius 1 is 1.48 bits per heavy atom. The molecule has 0 aliphatic carbocycles. The Morgan fingerprint density at radius 2 is 2.16 bits per heavy atom. The number of carbonyl (C=O) groups is 2. The van der Waals surface area contributed by atoms with Gasteiger partial charge in [-0.2, -0.15) is 0 Å². The Bertz CT molecular complexity index is 664. The summed E-state index contributed by atoms with van der Waals surface area (Å²) in [6.45, 7) is 2.70. The van der Waals surface area contributed by atoms with Crippen LogP contribution in [0.1, 0.15) is 13.8 Å². The molecule has 0 spiro atoms. The molecule has 0 aromatic rings. The number of amides is 1. The number of nitrogens with two attached hydrogens (primary N) is 1. The topological polar surface area (TPSA) is 170 Å². The highest BCUT2D eigenvalue weighted by Gasteiger charge is 2.51. The molecule has 11 nitrogen and oxygen atoms in total. The van der Waals surface area contributed by atoms with Crippen LogP contribution >= 0.6 is 0 Å². The molecule has 5 atom stereocenters. The molecule has 0 aromatic carbocycles. The summed E-state index contributed by atoms with van der Waals surface area (Å²) >= 11 is 0. The van der Waals surface area contributed by atoms with Gasteiger partial charge in [0.2, 0.25) is 5.79 Å². The van der Waals surface area contributed by atoms with E-state index in [0.29, 0.717) is 0 Å². The number of Topliss-reactive ketones (excluding diaryl/α,β-unsaturated/α-hetero) is 1. The minimum absolute atomic E-state index is 0.00934. The normalized spacial score (nSPS) is 37.7. The number of fused-ring (bicyclic) bond motifs is 1. The average Bonchev–Trinajstić information content (AvgIpc) is 3.08. The first-order valence-corrected chi connectivity index (χ1v) is 7.89. The number of ether oxygens (including phenoxy) is 1. The number of nitrogens with one attached hydrogen (secondary N) is 1. The first-order chi connectivity index (χ1) is 11.7. The van der Waals surface area contributed by atoms with Crippen molar-refractivity contribution in [1.82, 2.24) is 10.2 Å². The lowest BCUT2D eigenvalue weighted by Crippen LogP contribution is -2.67. The molecule has 11 heteroatoms. The van der Waals surface area contributed by atoms with E-state index in [4.69, 9.17) is 10.5 Å². The molecule has 0 radical (unpaired) electrons. The van der Waals surface area contributed by atoms with E-state index in [1.54, 1.807) is 13.8 Å². The van der Waals surface area contributed by atoms with Crippen LogP contribution < -0.4 is 11.1 Å². The number of hydrogen-bond acceptors (Lipinski definition) is 10. The molecular weight excluding hydrogens is 334 g/mol.